The molecule has 2 fully saturated rings. The van der Waals surface area contributed by atoms with E-state index in [2.05, 4.69) is 37.8 Å². The minimum Gasteiger partial charge on any atom is -0.457 e. The smallest absolute Gasteiger partial charge is 0.188 e. The normalized spacial score (nSPS) is 20.5. The number of nitrogens with one attached hydrogen (secondary N) is 1. The van der Waals surface area contributed by atoms with Gasteiger partial charge in [-0.05, 0) is 55.5 Å². The van der Waals surface area contributed by atoms with Gasteiger partial charge in [-0.3, -0.25) is 10.3 Å². The van der Waals surface area contributed by atoms with Gasteiger partial charge in [-0.1, -0.05) is 30.3 Å². The molecule has 1 aliphatic carbocycles. The van der Waals surface area contributed by atoms with Crippen LogP contribution in [0, 0.1) is 5.41 Å². The zero-order valence-electron chi connectivity index (χ0n) is 21.5. The number of nitrogens with two attached hydrogens (primary N) is 2. The van der Waals surface area contributed by atoms with Crippen LogP contribution in [-0.4, -0.2) is 62.5 Å². The minimum atomic E-state index is 0.184. The van der Waals surface area contributed by atoms with Crippen molar-refractivity contribution in [2.75, 3.05) is 31.9 Å². The van der Waals surface area contributed by atoms with Crippen molar-refractivity contribution >= 4 is 22.8 Å². The molecular formula is C29H34N8O. The van der Waals surface area contributed by atoms with Gasteiger partial charge < -0.3 is 25.7 Å². The fraction of sp³-hybridized carbons (Fsp3) is 0.345. The van der Waals surface area contributed by atoms with E-state index in [1.165, 1.54) is 0 Å². The number of rotatable bonds is 5. The minimum absolute atomic E-state index is 0.184. The van der Waals surface area contributed by atoms with E-state index in [-0.39, 0.29) is 5.96 Å². The summed E-state index contributed by atoms with van der Waals surface area (Å²) in [6.07, 6.45) is 8.25. The largest absolute Gasteiger partial charge is 0.457 e. The molecule has 1 saturated carbocycles. The van der Waals surface area contributed by atoms with Gasteiger partial charge in [0.05, 0.1) is 5.39 Å². The predicted octanol–water partition coefficient (Wildman–Crippen LogP) is 4.47. The topological polar surface area (TPSA) is 122 Å². The zero-order valence-corrected chi connectivity index (χ0v) is 21.5. The van der Waals surface area contributed by atoms with Crippen LogP contribution in [0.4, 0.5) is 5.82 Å². The first-order chi connectivity index (χ1) is 18.6. The number of hydrogen-bond acceptors (Lipinski definition) is 6. The Morgan fingerprint density at radius 3 is 2.18 bits per heavy atom. The second-order valence-electron chi connectivity index (χ2n) is 10.2. The number of anilines is 1. The summed E-state index contributed by atoms with van der Waals surface area (Å²) in [5.74, 6) is 2.29. The first kappa shape index (κ1) is 24.2. The number of benzene rings is 2. The molecule has 9 heteroatoms. The van der Waals surface area contributed by atoms with E-state index < -0.39 is 0 Å². The standard InChI is InChI=1S/C29H34N8O/c30-27-26-25(20-6-12-24(13-7-20)38-23-4-2-1-3-5-23)18-37(28(26)34-19-33-27)22-10-8-21(9-11-22)35-14-16-36(17-15-35)29(31)32/h1-7,12-13,18-19,21-22H,8-11,14-17H2,(H3,31,32)(H2,30,33,34). The highest BCUT2D eigenvalue weighted by molar-refractivity contribution is 6.00. The first-order valence-corrected chi connectivity index (χ1v) is 13.3. The Balaban J connectivity index is 1.20. The molecule has 0 bridgehead atoms. The third-order valence-corrected chi connectivity index (χ3v) is 8.01. The molecule has 0 unspecified atom stereocenters. The van der Waals surface area contributed by atoms with Crippen LogP contribution >= 0.6 is 0 Å². The summed E-state index contributed by atoms with van der Waals surface area (Å²) in [5.41, 5.74) is 15.1. The predicted molar refractivity (Wildman–Crippen MR) is 150 cm³/mol. The number of fused-ring (bicyclic) bond motifs is 1. The highest BCUT2D eigenvalue weighted by atomic mass is 16.5. The lowest BCUT2D eigenvalue weighted by Gasteiger charge is -2.42. The number of para-hydroxylation sites is 1. The highest BCUT2D eigenvalue weighted by Gasteiger charge is 2.30. The van der Waals surface area contributed by atoms with Gasteiger partial charge in [0.2, 0.25) is 0 Å². The number of piperazine rings is 1. The Morgan fingerprint density at radius 2 is 1.50 bits per heavy atom. The van der Waals surface area contributed by atoms with E-state index in [0.717, 1.165) is 85.5 Å². The van der Waals surface area contributed by atoms with Crippen molar-refractivity contribution in [2.45, 2.75) is 37.8 Å². The van der Waals surface area contributed by atoms with Gasteiger partial charge >= 0.3 is 0 Å². The molecule has 1 saturated heterocycles. The summed E-state index contributed by atoms with van der Waals surface area (Å²) >= 11 is 0. The number of ether oxygens (including phenoxy) is 1. The van der Waals surface area contributed by atoms with Crippen molar-refractivity contribution in [3.63, 3.8) is 0 Å². The van der Waals surface area contributed by atoms with E-state index in [1.54, 1.807) is 6.33 Å². The SMILES string of the molecule is N=C(N)N1CCN(C2CCC(n3cc(-c4ccc(Oc5ccccc5)cc4)c4c(N)ncnc43)CC2)CC1. The van der Waals surface area contributed by atoms with Crippen molar-refractivity contribution in [1.29, 1.82) is 5.41 Å². The lowest BCUT2D eigenvalue weighted by atomic mass is 9.89. The van der Waals surface area contributed by atoms with Crippen LogP contribution in [0.1, 0.15) is 31.7 Å². The van der Waals surface area contributed by atoms with E-state index in [9.17, 15) is 0 Å². The third kappa shape index (κ3) is 4.77. The van der Waals surface area contributed by atoms with Gasteiger partial charge in [0.1, 0.15) is 29.3 Å². The Kier molecular flexibility index (Phi) is 6.59. The van der Waals surface area contributed by atoms with Gasteiger partial charge in [0.15, 0.2) is 5.96 Å². The van der Waals surface area contributed by atoms with Gasteiger partial charge in [0.25, 0.3) is 0 Å². The maximum absolute atomic E-state index is 7.68. The first-order valence-electron chi connectivity index (χ1n) is 13.3. The molecule has 0 amide bonds. The second kappa shape index (κ2) is 10.3. The molecule has 0 atom stereocenters. The fourth-order valence-electron chi connectivity index (χ4n) is 5.96. The maximum atomic E-state index is 7.68. The number of aromatic nitrogens is 3. The summed E-state index contributed by atoms with van der Waals surface area (Å²) < 4.78 is 8.30. The summed E-state index contributed by atoms with van der Waals surface area (Å²) in [4.78, 5) is 13.5. The summed E-state index contributed by atoms with van der Waals surface area (Å²) in [6.45, 7) is 3.62. The molecule has 2 aromatic heterocycles. The van der Waals surface area contributed by atoms with Crippen molar-refractivity contribution in [3.8, 4) is 22.6 Å². The number of nitrogen functional groups attached to an aromatic ring is 1. The molecule has 0 radical (unpaired) electrons. The third-order valence-electron chi connectivity index (χ3n) is 8.01. The Labute approximate surface area is 222 Å². The maximum Gasteiger partial charge on any atom is 0.188 e. The van der Waals surface area contributed by atoms with Crippen LogP contribution in [-0.2, 0) is 0 Å². The monoisotopic (exact) mass is 510 g/mol. The van der Waals surface area contributed by atoms with Crippen molar-refractivity contribution in [1.82, 2.24) is 24.3 Å². The van der Waals surface area contributed by atoms with Crippen molar-refractivity contribution < 1.29 is 4.74 Å². The van der Waals surface area contributed by atoms with Crippen molar-refractivity contribution in [2.24, 2.45) is 5.73 Å². The van der Waals surface area contributed by atoms with Crippen LogP contribution in [0.25, 0.3) is 22.2 Å². The number of hydrogen-bond donors (Lipinski definition) is 3. The van der Waals surface area contributed by atoms with Crippen LogP contribution in [0.5, 0.6) is 11.5 Å². The number of guanidine groups is 1. The molecule has 4 aromatic rings. The molecule has 196 valence electrons. The second-order valence-corrected chi connectivity index (χ2v) is 10.2. The van der Waals surface area contributed by atoms with Gasteiger partial charge in [-0.25, -0.2) is 9.97 Å². The molecule has 9 nitrogen and oxygen atoms in total. The average Bonchev–Trinajstić information content (AvgIpc) is 3.35. The summed E-state index contributed by atoms with van der Waals surface area (Å²) in [6, 6.07) is 18.9. The van der Waals surface area contributed by atoms with Crippen LogP contribution < -0.4 is 16.2 Å². The molecule has 5 N–H and O–H groups in total. The molecule has 6 rings (SSSR count). The lowest BCUT2D eigenvalue weighted by Crippen LogP contribution is -2.54. The lowest BCUT2D eigenvalue weighted by molar-refractivity contribution is 0.0960. The highest BCUT2D eigenvalue weighted by Crippen LogP contribution is 2.39. The van der Waals surface area contributed by atoms with E-state index in [0.29, 0.717) is 17.9 Å². The molecule has 2 aliphatic rings. The average molecular weight is 511 g/mol. The van der Waals surface area contributed by atoms with E-state index in [1.807, 2.05) is 47.4 Å². The summed E-state index contributed by atoms with van der Waals surface area (Å²) in [7, 11) is 0. The fourth-order valence-corrected chi connectivity index (χ4v) is 5.96. The Bertz CT molecular complexity index is 1400. The van der Waals surface area contributed by atoms with E-state index >= 15 is 0 Å². The molecule has 38 heavy (non-hydrogen) atoms. The van der Waals surface area contributed by atoms with Gasteiger partial charge in [-0.2, -0.15) is 0 Å². The Hall–Kier alpha value is -4.11. The molecular weight excluding hydrogens is 476 g/mol. The van der Waals surface area contributed by atoms with Crippen LogP contribution in [0.2, 0.25) is 0 Å². The molecule has 2 aromatic carbocycles. The summed E-state index contributed by atoms with van der Waals surface area (Å²) in [5, 5.41) is 8.59. The van der Waals surface area contributed by atoms with Crippen molar-refractivity contribution in [3.05, 3.63) is 67.1 Å². The quantitative estimate of drug-likeness (QED) is 0.267. The molecule has 3 heterocycles. The molecule has 1 aliphatic heterocycles. The van der Waals surface area contributed by atoms with E-state index in [4.69, 9.17) is 21.6 Å². The zero-order chi connectivity index (χ0) is 26.1. The van der Waals surface area contributed by atoms with Crippen LogP contribution in [0.15, 0.2) is 67.1 Å². The van der Waals surface area contributed by atoms with Gasteiger partial charge in [0, 0.05) is 50.0 Å². The molecule has 0 spiro atoms. The Morgan fingerprint density at radius 1 is 0.842 bits per heavy atom. The number of nitrogens with zero attached hydrogens (tertiary/aromatic N) is 5. The van der Waals surface area contributed by atoms with Gasteiger partial charge in [-0.15, -0.1) is 0 Å². The van der Waals surface area contributed by atoms with Crippen LogP contribution in [0.3, 0.4) is 0 Å².